The van der Waals surface area contributed by atoms with Gasteiger partial charge in [-0.15, -0.1) is 10.2 Å². The molecule has 2 aromatic heterocycles. The van der Waals surface area contributed by atoms with E-state index < -0.39 is 18.2 Å². The van der Waals surface area contributed by atoms with Crippen molar-refractivity contribution in [2.24, 2.45) is 0 Å². The monoisotopic (exact) mass is 522 g/mol. The first-order valence-electron chi connectivity index (χ1n) is 11.5. The normalized spacial score (nSPS) is 17.2. The fourth-order valence-electron chi connectivity index (χ4n) is 4.10. The minimum absolute atomic E-state index is 0.118. The van der Waals surface area contributed by atoms with Crippen molar-refractivity contribution in [1.29, 1.82) is 0 Å². The molecule has 2 N–H and O–H groups in total. The Morgan fingerprint density at radius 1 is 1.08 bits per heavy atom. The van der Waals surface area contributed by atoms with E-state index in [0.29, 0.717) is 33.5 Å². The first kappa shape index (κ1) is 24.6. The second kappa shape index (κ2) is 10.9. The van der Waals surface area contributed by atoms with Crippen LogP contribution in [0.15, 0.2) is 66.9 Å². The van der Waals surface area contributed by atoms with Crippen LogP contribution in [0.2, 0.25) is 5.02 Å². The topological polar surface area (TPSA) is 136 Å². The van der Waals surface area contributed by atoms with Crippen LogP contribution >= 0.6 is 11.6 Å². The quantitative estimate of drug-likeness (QED) is 0.340. The molecule has 0 spiro atoms. The molecule has 1 aliphatic heterocycles. The van der Waals surface area contributed by atoms with Gasteiger partial charge >= 0.3 is 6.09 Å². The Bertz CT molecular complexity index is 1360. The smallest absolute Gasteiger partial charge is 0.415 e. The molecule has 2 aromatic carbocycles. The van der Waals surface area contributed by atoms with Crippen molar-refractivity contribution in [3.05, 3.63) is 83.1 Å². The first-order chi connectivity index (χ1) is 18.1. The van der Waals surface area contributed by atoms with E-state index in [9.17, 15) is 9.90 Å². The van der Waals surface area contributed by atoms with Crippen LogP contribution in [0.25, 0.3) is 11.4 Å². The zero-order chi connectivity index (χ0) is 25.8. The molecule has 0 unspecified atom stereocenters. The maximum atomic E-state index is 13.1. The van der Waals surface area contributed by atoms with Gasteiger partial charge in [-0.25, -0.2) is 4.79 Å². The molecule has 12 heteroatoms. The standard InChI is InChI=1S/C25H23ClN6O5/c26-18-5-8-20(9-6-18)32-23(16-2-1-3-21(12-16)36-11-10-33)22(37-25(32)35)14-31-29-24(28-30-31)17-4-7-19(15-34)27-13-17/h1-9,12-13,22-23,33-34H,10-11,14-15H2/t22-,23-/m0/s1. The van der Waals surface area contributed by atoms with Crippen LogP contribution in [0.1, 0.15) is 17.3 Å². The minimum atomic E-state index is -0.659. The number of nitrogens with zero attached hydrogens (tertiary/aromatic N) is 6. The Morgan fingerprint density at radius 2 is 1.92 bits per heavy atom. The van der Waals surface area contributed by atoms with Gasteiger partial charge in [0.05, 0.1) is 18.9 Å². The van der Waals surface area contributed by atoms with E-state index in [1.165, 1.54) is 4.80 Å². The molecule has 11 nitrogen and oxygen atoms in total. The van der Waals surface area contributed by atoms with Gasteiger partial charge < -0.3 is 19.7 Å². The lowest BCUT2D eigenvalue weighted by Crippen LogP contribution is -2.31. The molecule has 1 amide bonds. The number of benzene rings is 2. The maximum Gasteiger partial charge on any atom is 0.415 e. The summed E-state index contributed by atoms with van der Waals surface area (Å²) in [6, 6.07) is 17.1. The Labute approximate surface area is 216 Å². The number of aliphatic hydroxyl groups excluding tert-OH is 2. The summed E-state index contributed by atoms with van der Waals surface area (Å²) < 4.78 is 11.4. The number of hydrogen-bond donors (Lipinski definition) is 2. The fraction of sp³-hybridized carbons (Fsp3) is 0.240. The predicted molar refractivity (Wildman–Crippen MR) is 133 cm³/mol. The number of carbonyl (C=O) groups is 1. The van der Waals surface area contributed by atoms with E-state index in [2.05, 4.69) is 20.4 Å². The minimum Gasteiger partial charge on any atom is -0.491 e. The summed E-state index contributed by atoms with van der Waals surface area (Å²) in [6.07, 6.45) is 0.377. The van der Waals surface area contributed by atoms with Gasteiger partial charge in [-0.1, -0.05) is 23.7 Å². The van der Waals surface area contributed by atoms with Crippen molar-refractivity contribution in [1.82, 2.24) is 25.2 Å². The van der Waals surface area contributed by atoms with Gasteiger partial charge in [-0.3, -0.25) is 9.88 Å². The second-order valence-electron chi connectivity index (χ2n) is 8.22. The maximum absolute atomic E-state index is 13.1. The lowest BCUT2D eigenvalue weighted by Gasteiger charge is -2.25. The third kappa shape index (κ3) is 5.38. The molecule has 0 saturated carbocycles. The summed E-state index contributed by atoms with van der Waals surface area (Å²) in [5.41, 5.74) is 2.56. The van der Waals surface area contributed by atoms with Crippen molar-refractivity contribution >= 4 is 23.4 Å². The molecule has 1 aliphatic rings. The number of carbonyl (C=O) groups excluding carboxylic acids is 1. The van der Waals surface area contributed by atoms with Gasteiger partial charge in [-0.05, 0) is 59.3 Å². The highest BCUT2D eigenvalue weighted by Crippen LogP contribution is 2.39. The predicted octanol–water partition coefficient (Wildman–Crippen LogP) is 3.02. The van der Waals surface area contributed by atoms with Gasteiger partial charge in [-0.2, -0.15) is 4.80 Å². The van der Waals surface area contributed by atoms with Crippen LogP contribution in [0.4, 0.5) is 10.5 Å². The number of hydrogen-bond acceptors (Lipinski definition) is 9. The molecule has 1 fully saturated rings. The molecule has 0 radical (unpaired) electrons. The number of rotatable bonds is 9. The molecule has 0 bridgehead atoms. The Morgan fingerprint density at radius 3 is 2.65 bits per heavy atom. The third-order valence-electron chi connectivity index (χ3n) is 5.78. The Kier molecular flexibility index (Phi) is 7.26. The summed E-state index contributed by atoms with van der Waals surface area (Å²) in [7, 11) is 0. The SMILES string of the molecule is O=C1O[C@@H](Cn2nnc(-c3ccc(CO)nc3)n2)[C@H](c2cccc(OCCO)c2)N1c1ccc(Cl)cc1. The largest absolute Gasteiger partial charge is 0.491 e. The average molecular weight is 523 g/mol. The number of halogens is 1. The van der Waals surface area contributed by atoms with Crippen LogP contribution in [0.3, 0.4) is 0 Å². The number of aliphatic hydroxyl groups is 2. The number of tetrazole rings is 1. The number of ether oxygens (including phenoxy) is 2. The molecular weight excluding hydrogens is 500 g/mol. The van der Waals surface area contributed by atoms with Gasteiger partial charge in [0.15, 0.2) is 0 Å². The van der Waals surface area contributed by atoms with E-state index in [1.807, 2.05) is 18.2 Å². The highest BCUT2D eigenvalue weighted by atomic mass is 35.5. The zero-order valence-corrected chi connectivity index (χ0v) is 20.3. The lowest BCUT2D eigenvalue weighted by atomic mass is 9.99. The van der Waals surface area contributed by atoms with Gasteiger partial charge in [0.2, 0.25) is 5.82 Å². The first-order valence-corrected chi connectivity index (χ1v) is 11.9. The van der Waals surface area contributed by atoms with E-state index in [1.54, 1.807) is 53.6 Å². The van der Waals surface area contributed by atoms with Gasteiger partial charge in [0.1, 0.15) is 31.0 Å². The lowest BCUT2D eigenvalue weighted by molar-refractivity contribution is 0.114. The number of cyclic esters (lactones) is 1. The Hall–Kier alpha value is -4.06. The molecule has 4 aromatic rings. The molecule has 190 valence electrons. The average Bonchev–Trinajstić information content (AvgIpc) is 3.52. The van der Waals surface area contributed by atoms with Crippen molar-refractivity contribution in [3.8, 4) is 17.1 Å². The van der Waals surface area contributed by atoms with Crippen molar-refractivity contribution in [3.63, 3.8) is 0 Å². The van der Waals surface area contributed by atoms with Crippen molar-refractivity contribution < 1.29 is 24.5 Å². The number of amides is 1. The summed E-state index contributed by atoms with van der Waals surface area (Å²) in [5.74, 6) is 0.910. The van der Waals surface area contributed by atoms with Crippen LogP contribution in [-0.2, 0) is 17.9 Å². The fourth-order valence-corrected chi connectivity index (χ4v) is 4.22. The zero-order valence-electron chi connectivity index (χ0n) is 19.5. The molecule has 0 aliphatic carbocycles. The second-order valence-corrected chi connectivity index (χ2v) is 8.66. The highest BCUT2D eigenvalue weighted by molar-refractivity contribution is 6.30. The van der Waals surface area contributed by atoms with E-state index in [0.717, 1.165) is 5.56 Å². The van der Waals surface area contributed by atoms with Crippen molar-refractivity contribution in [2.45, 2.75) is 25.3 Å². The van der Waals surface area contributed by atoms with E-state index in [-0.39, 0.29) is 26.4 Å². The van der Waals surface area contributed by atoms with Crippen LogP contribution in [0.5, 0.6) is 5.75 Å². The molecule has 5 rings (SSSR count). The molecular formula is C25H23ClN6O5. The number of aromatic nitrogens is 5. The van der Waals surface area contributed by atoms with E-state index >= 15 is 0 Å². The van der Waals surface area contributed by atoms with Crippen LogP contribution < -0.4 is 9.64 Å². The molecule has 2 atom stereocenters. The van der Waals surface area contributed by atoms with Gasteiger partial charge in [0, 0.05) is 22.5 Å². The summed E-state index contributed by atoms with van der Waals surface area (Å²) in [6.45, 7) is 0.00354. The summed E-state index contributed by atoms with van der Waals surface area (Å²) >= 11 is 6.07. The highest BCUT2D eigenvalue weighted by Gasteiger charge is 2.44. The van der Waals surface area contributed by atoms with E-state index in [4.69, 9.17) is 26.2 Å². The van der Waals surface area contributed by atoms with Crippen LogP contribution in [-0.4, -0.2) is 60.8 Å². The molecule has 37 heavy (non-hydrogen) atoms. The number of anilines is 1. The van der Waals surface area contributed by atoms with Crippen molar-refractivity contribution in [2.75, 3.05) is 18.1 Å². The third-order valence-corrected chi connectivity index (χ3v) is 6.04. The van der Waals surface area contributed by atoms with Gasteiger partial charge in [0.25, 0.3) is 0 Å². The molecule has 1 saturated heterocycles. The number of pyridine rings is 1. The molecule has 3 heterocycles. The Balaban J connectivity index is 1.45. The van der Waals surface area contributed by atoms with Crippen LogP contribution in [0, 0.1) is 0 Å². The summed E-state index contributed by atoms with van der Waals surface area (Å²) in [4.78, 5) is 20.2. The summed E-state index contributed by atoms with van der Waals surface area (Å²) in [5, 5.41) is 31.5.